The number of aromatic nitrogens is 1. The molecular formula is C14H15NO2. The van der Waals surface area contributed by atoms with E-state index in [2.05, 4.69) is 4.98 Å². The van der Waals surface area contributed by atoms with Crippen LogP contribution >= 0.6 is 0 Å². The molecule has 0 amide bonds. The Morgan fingerprint density at radius 1 is 1.06 bits per heavy atom. The van der Waals surface area contributed by atoms with Crippen molar-refractivity contribution in [2.24, 2.45) is 0 Å². The minimum Gasteiger partial charge on any atom is -0.493 e. The van der Waals surface area contributed by atoms with Crippen LogP contribution in [0.1, 0.15) is 11.3 Å². The quantitative estimate of drug-likeness (QED) is 0.854. The van der Waals surface area contributed by atoms with Gasteiger partial charge >= 0.3 is 0 Å². The lowest BCUT2D eigenvalue weighted by molar-refractivity contribution is 0.281. The minimum atomic E-state index is 0.0637. The third-order valence-corrected chi connectivity index (χ3v) is 2.46. The number of hydrogen-bond donors (Lipinski definition) is 1. The summed E-state index contributed by atoms with van der Waals surface area (Å²) >= 11 is 0. The van der Waals surface area contributed by atoms with Crippen molar-refractivity contribution in [3.05, 3.63) is 59.9 Å². The second kappa shape index (κ2) is 6.01. The molecule has 2 rings (SSSR count). The number of rotatable bonds is 5. The average molecular weight is 229 g/mol. The summed E-state index contributed by atoms with van der Waals surface area (Å²) in [6.07, 6.45) is 2.58. The molecule has 3 heteroatoms. The van der Waals surface area contributed by atoms with E-state index >= 15 is 0 Å². The largest absolute Gasteiger partial charge is 0.493 e. The van der Waals surface area contributed by atoms with Crippen LogP contribution in [-0.2, 0) is 13.0 Å². The summed E-state index contributed by atoms with van der Waals surface area (Å²) in [5.74, 6) is 0.818. The lowest BCUT2D eigenvalue weighted by Crippen LogP contribution is -2.02. The van der Waals surface area contributed by atoms with Crippen LogP contribution in [0.4, 0.5) is 0 Å². The highest BCUT2D eigenvalue weighted by molar-refractivity contribution is 5.26. The molecule has 0 aliphatic rings. The molecule has 0 bridgehead atoms. The molecule has 0 atom stereocenters. The molecule has 1 heterocycles. The summed E-state index contributed by atoms with van der Waals surface area (Å²) in [4.78, 5) is 4.22. The highest BCUT2D eigenvalue weighted by Crippen LogP contribution is 2.12. The SMILES string of the molecule is OCc1ccc(OCCc2ccccn2)cc1. The zero-order valence-electron chi connectivity index (χ0n) is 9.54. The number of pyridine rings is 1. The number of hydrogen-bond acceptors (Lipinski definition) is 3. The van der Waals surface area contributed by atoms with Gasteiger partial charge < -0.3 is 9.84 Å². The highest BCUT2D eigenvalue weighted by atomic mass is 16.5. The molecule has 0 aliphatic carbocycles. The number of aliphatic hydroxyl groups excluding tert-OH is 1. The van der Waals surface area contributed by atoms with E-state index in [-0.39, 0.29) is 6.61 Å². The molecule has 0 unspecified atom stereocenters. The first-order chi connectivity index (χ1) is 8.38. The molecule has 2 aromatic rings. The number of nitrogens with zero attached hydrogens (tertiary/aromatic N) is 1. The van der Waals surface area contributed by atoms with Gasteiger partial charge in [-0.25, -0.2) is 0 Å². The Labute approximate surface area is 101 Å². The predicted molar refractivity (Wildman–Crippen MR) is 65.8 cm³/mol. The maximum absolute atomic E-state index is 8.90. The first-order valence-corrected chi connectivity index (χ1v) is 5.61. The molecule has 0 radical (unpaired) electrons. The van der Waals surface area contributed by atoms with Crippen molar-refractivity contribution in [2.75, 3.05) is 6.61 Å². The fraction of sp³-hybridized carbons (Fsp3) is 0.214. The number of ether oxygens (including phenoxy) is 1. The molecule has 1 N–H and O–H groups in total. The van der Waals surface area contributed by atoms with Crippen LogP contribution in [0.5, 0.6) is 5.75 Å². The van der Waals surface area contributed by atoms with Crippen LogP contribution in [0.2, 0.25) is 0 Å². The maximum atomic E-state index is 8.90. The summed E-state index contributed by atoms with van der Waals surface area (Å²) in [5, 5.41) is 8.90. The fourth-order valence-corrected chi connectivity index (χ4v) is 1.51. The second-order valence-corrected chi connectivity index (χ2v) is 3.72. The topological polar surface area (TPSA) is 42.4 Å². The average Bonchev–Trinajstić information content (AvgIpc) is 2.41. The third-order valence-electron chi connectivity index (χ3n) is 2.46. The molecule has 1 aromatic heterocycles. The van der Waals surface area contributed by atoms with Gasteiger partial charge in [0.25, 0.3) is 0 Å². The van der Waals surface area contributed by atoms with Gasteiger partial charge in [-0.05, 0) is 29.8 Å². The van der Waals surface area contributed by atoms with Crippen LogP contribution < -0.4 is 4.74 Å². The Morgan fingerprint density at radius 2 is 1.88 bits per heavy atom. The summed E-state index contributed by atoms with van der Waals surface area (Å²) < 4.78 is 5.59. The van der Waals surface area contributed by atoms with E-state index in [0.29, 0.717) is 6.61 Å². The van der Waals surface area contributed by atoms with E-state index < -0.39 is 0 Å². The molecular weight excluding hydrogens is 214 g/mol. The van der Waals surface area contributed by atoms with Crippen molar-refractivity contribution < 1.29 is 9.84 Å². The van der Waals surface area contributed by atoms with E-state index in [9.17, 15) is 0 Å². The maximum Gasteiger partial charge on any atom is 0.119 e. The van der Waals surface area contributed by atoms with Crippen molar-refractivity contribution >= 4 is 0 Å². The van der Waals surface area contributed by atoms with Gasteiger partial charge in [-0.15, -0.1) is 0 Å². The molecule has 88 valence electrons. The van der Waals surface area contributed by atoms with Gasteiger partial charge in [-0.3, -0.25) is 4.98 Å². The fourth-order valence-electron chi connectivity index (χ4n) is 1.51. The summed E-state index contributed by atoms with van der Waals surface area (Å²) in [6.45, 7) is 0.670. The molecule has 0 aliphatic heterocycles. The van der Waals surface area contributed by atoms with Gasteiger partial charge in [0, 0.05) is 18.3 Å². The molecule has 0 saturated heterocycles. The van der Waals surface area contributed by atoms with Gasteiger partial charge in [0.2, 0.25) is 0 Å². The lowest BCUT2D eigenvalue weighted by atomic mass is 10.2. The molecule has 1 aromatic carbocycles. The minimum absolute atomic E-state index is 0.0637. The van der Waals surface area contributed by atoms with Gasteiger partial charge in [0.15, 0.2) is 0 Å². The van der Waals surface area contributed by atoms with Gasteiger partial charge in [0.05, 0.1) is 13.2 Å². The van der Waals surface area contributed by atoms with Crippen LogP contribution in [0.15, 0.2) is 48.7 Å². The van der Waals surface area contributed by atoms with Crippen molar-refractivity contribution in [1.82, 2.24) is 4.98 Å². The van der Waals surface area contributed by atoms with Crippen molar-refractivity contribution in [3.8, 4) is 5.75 Å². The molecule has 17 heavy (non-hydrogen) atoms. The molecule has 0 fully saturated rings. The van der Waals surface area contributed by atoms with Gasteiger partial charge in [-0.2, -0.15) is 0 Å². The van der Waals surface area contributed by atoms with Crippen molar-refractivity contribution in [3.63, 3.8) is 0 Å². The Hall–Kier alpha value is -1.87. The normalized spacial score (nSPS) is 10.2. The Morgan fingerprint density at radius 3 is 2.53 bits per heavy atom. The van der Waals surface area contributed by atoms with Crippen molar-refractivity contribution in [1.29, 1.82) is 0 Å². The summed E-state index contributed by atoms with van der Waals surface area (Å²) in [5.41, 5.74) is 1.92. The summed E-state index contributed by atoms with van der Waals surface area (Å²) in [6, 6.07) is 13.3. The van der Waals surface area contributed by atoms with Crippen molar-refractivity contribution in [2.45, 2.75) is 13.0 Å². The Kier molecular flexibility index (Phi) is 4.11. The van der Waals surface area contributed by atoms with E-state index in [1.54, 1.807) is 6.20 Å². The zero-order chi connectivity index (χ0) is 11.9. The number of benzene rings is 1. The van der Waals surface area contributed by atoms with E-state index in [0.717, 1.165) is 23.4 Å². The number of aliphatic hydroxyl groups is 1. The van der Waals surface area contributed by atoms with E-state index in [1.165, 1.54) is 0 Å². The Bertz CT molecular complexity index is 440. The molecule has 0 saturated carbocycles. The standard InChI is InChI=1S/C14H15NO2/c16-11-12-4-6-14(7-5-12)17-10-8-13-3-1-2-9-15-13/h1-7,9,16H,8,10-11H2. The second-order valence-electron chi connectivity index (χ2n) is 3.72. The molecule has 3 nitrogen and oxygen atoms in total. The van der Waals surface area contributed by atoms with Crippen LogP contribution in [0, 0.1) is 0 Å². The van der Waals surface area contributed by atoms with Crippen LogP contribution in [0.25, 0.3) is 0 Å². The predicted octanol–water partition coefficient (Wildman–Crippen LogP) is 2.20. The summed E-state index contributed by atoms with van der Waals surface area (Å²) in [7, 11) is 0. The zero-order valence-corrected chi connectivity index (χ0v) is 9.54. The first-order valence-electron chi connectivity index (χ1n) is 5.61. The van der Waals surface area contributed by atoms with Gasteiger partial charge in [-0.1, -0.05) is 18.2 Å². The highest BCUT2D eigenvalue weighted by Gasteiger charge is 1.96. The third kappa shape index (κ3) is 3.57. The molecule has 0 spiro atoms. The monoisotopic (exact) mass is 229 g/mol. The Balaban J connectivity index is 1.82. The van der Waals surface area contributed by atoms with E-state index in [1.807, 2.05) is 42.5 Å². The van der Waals surface area contributed by atoms with Crippen LogP contribution in [0.3, 0.4) is 0 Å². The first kappa shape index (κ1) is 11.6. The lowest BCUT2D eigenvalue weighted by Gasteiger charge is -2.06. The van der Waals surface area contributed by atoms with Gasteiger partial charge in [0.1, 0.15) is 5.75 Å². The van der Waals surface area contributed by atoms with Crippen LogP contribution in [-0.4, -0.2) is 16.7 Å². The smallest absolute Gasteiger partial charge is 0.119 e. The van der Waals surface area contributed by atoms with E-state index in [4.69, 9.17) is 9.84 Å².